The van der Waals surface area contributed by atoms with E-state index in [0.717, 1.165) is 52.5 Å². The summed E-state index contributed by atoms with van der Waals surface area (Å²) in [6.45, 7) is 5.21. The van der Waals surface area contributed by atoms with Gasteiger partial charge in [0.15, 0.2) is 0 Å². The second-order valence-electron chi connectivity index (χ2n) is 9.71. The molecule has 3 aromatic rings. The Hall–Kier alpha value is -2.34. The third-order valence-corrected chi connectivity index (χ3v) is 9.67. The number of aryl methyl sites for hydroxylation is 1. The van der Waals surface area contributed by atoms with E-state index in [4.69, 9.17) is 4.74 Å². The minimum atomic E-state index is -4.56. The summed E-state index contributed by atoms with van der Waals surface area (Å²) in [6, 6.07) is 9.19. The lowest BCUT2D eigenvalue weighted by Gasteiger charge is -2.34. The predicted molar refractivity (Wildman–Crippen MR) is 142 cm³/mol. The summed E-state index contributed by atoms with van der Waals surface area (Å²) in [5.74, 6) is 0.928. The number of ether oxygens (including phenoxy) is 1. The molecule has 0 aliphatic carbocycles. The first-order chi connectivity index (χ1) is 17.8. The van der Waals surface area contributed by atoms with Crippen molar-refractivity contribution in [3.05, 3.63) is 46.5 Å². The van der Waals surface area contributed by atoms with E-state index in [0.29, 0.717) is 30.2 Å². The molecule has 3 aliphatic rings. The van der Waals surface area contributed by atoms with Crippen LogP contribution in [0.5, 0.6) is 0 Å². The number of aromatic nitrogens is 2. The highest BCUT2D eigenvalue weighted by molar-refractivity contribution is 7.99. The maximum absolute atomic E-state index is 13.9. The number of hydrogen-bond acceptors (Lipinski definition) is 8. The van der Waals surface area contributed by atoms with Crippen molar-refractivity contribution in [2.45, 2.75) is 49.5 Å². The molecule has 1 N–H and O–H groups in total. The number of likely N-dealkylation sites (tertiary alicyclic amines) is 1. The van der Waals surface area contributed by atoms with E-state index < -0.39 is 11.7 Å². The van der Waals surface area contributed by atoms with Gasteiger partial charge < -0.3 is 15.0 Å². The molecule has 2 saturated heterocycles. The Labute approximate surface area is 222 Å². The SMILES string of the molecule is CCc1cc(N2CC3CC2CN3C)ccc1Nc1ncc(C(F)(F)F)c(-c2cc3c(s2)COCCS3)n1. The third kappa shape index (κ3) is 4.82. The molecule has 6 nitrogen and oxygen atoms in total. The first-order valence-electron chi connectivity index (χ1n) is 12.4. The van der Waals surface area contributed by atoms with Gasteiger partial charge in [-0.05, 0) is 49.7 Å². The molecule has 2 aromatic heterocycles. The van der Waals surface area contributed by atoms with Gasteiger partial charge in [-0.2, -0.15) is 13.2 Å². The van der Waals surface area contributed by atoms with Crippen LogP contribution >= 0.6 is 23.1 Å². The highest BCUT2D eigenvalue weighted by Crippen LogP contribution is 2.43. The average Bonchev–Trinajstić information content (AvgIpc) is 3.53. The summed E-state index contributed by atoms with van der Waals surface area (Å²) in [6.07, 6.45) is -1.70. The molecular weight excluding hydrogens is 519 g/mol. The van der Waals surface area contributed by atoms with E-state index in [1.807, 2.05) is 6.07 Å². The first-order valence-corrected chi connectivity index (χ1v) is 14.2. The zero-order valence-electron chi connectivity index (χ0n) is 20.6. The van der Waals surface area contributed by atoms with Crippen LogP contribution in [0.1, 0.15) is 29.3 Å². The van der Waals surface area contributed by atoms with Crippen LogP contribution < -0.4 is 10.2 Å². The Balaban J connectivity index is 1.30. The molecule has 6 rings (SSSR count). The van der Waals surface area contributed by atoms with Gasteiger partial charge in [-0.1, -0.05) is 6.92 Å². The van der Waals surface area contributed by atoms with E-state index in [-0.39, 0.29) is 11.6 Å². The maximum Gasteiger partial charge on any atom is 0.420 e. The van der Waals surface area contributed by atoms with Crippen LogP contribution in [-0.4, -0.2) is 59.4 Å². The molecule has 11 heteroatoms. The van der Waals surface area contributed by atoms with Gasteiger partial charge in [-0.25, -0.2) is 9.97 Å². The number of hydrogen-bond donors (Lipinski definition) is 1. The summed E-state index contributed by atoms with van der Waals surface area (Å²) >= 11 is 2.91. The van der Waals surface area contributed by atoms with E-state index in [2.05, 4.69) is 51.2 Å². The van der Waals surface area contributed by atoms with Gasteiger partial charge in [0.1, 0.15) is 5.56 Å². The molecule has 2 fully saturated rings. The van der Waals surface area contributed by atoms with Crippen molar-refractivity contribution < 1.29 is 17.9 Å². The molecule has 3 aliphatic heterocycles. The molecule has 1 aromatic carbocycles. The van der Waals surface area contributed by atoms with Gasteiger partial charge in [0, 0.05) is 58.3 Å². The summed E-state index contributed by atoms with van der Waals surface area (Å²) in [7, 11) is 2.18. The highest BCUT2D eigenvalue weighted by atomic mass is 32.2. The molecule has 2 atom stereocenters. The molecule has 196 valence electrons. The zero-order valence-corrected chi connectivity index (χ0v) is 22.3. The molecule has 5 heterocycles. The Morgan fingerprint density at radius 1 is 1.19 bits per heavy atom. The number of likely N-dealkylation sites (N-methyl/N-ethyl adjacent to an activating group) is 1. The number of nitrogens with one attached hydrogen (secondary N) is 1. The second-order valence-corrected chi connectivity index (χ2v) is 12.0. The van der Waals surface area contributed by atoms with Crippen molar-refractivity contribution in [2.24, 2.45) is 0 Å². The van der Waals surface area contributed by atoms with Gasteiger partial charge in [0.05, 0.1) is 23.8 Å². The Morgan fingerprint density at radius 2 is 2.05 bits per heavy atom. The van der Waals surface area contributed by atoms with Crippen molar-refractivity contribution in [3.63, 3.8) is 0 Å². The molecule has 0 amide bonds. The van der Waals surface area contributed by atoms with Gasteiger partial charge >= 0.3 is 6.18 Å². The van der Waals surface area contributed by atoms with Crippen LogP contribution in [0.3, 0.4) is 0 Å². The number of thiophene rings is 1. The fourth-order valence-electron chi connectivity index (χ4n) is 5.44. The fraction of sp³-hybridized carbons (Fsp3) is 0.462. The van der Waals surface area contributed by atoms with Crippen molar-refractivity contribution in [1.82, 2.24) is 14.9 Å². The molecule has 0 radical (unpaired) electrons. The lowest BCUT2D eigenvalue weighted by Crippen LogP contribution is -2.44. The Bertz CT molecular complexity index is 1290. The summed E-state index contributed by atoms with van der Waals surface area (Å²) in [5.41, 5.74) is 2.15. The van der Waals surface area contributed by atoms with Crippen LogP contribution in [0.4, 0.5) is 30.5 Å². The monoisotopic (exact) mass is 547 g/mol. The first kappa shape index (κ1) is 25.0. The van der Waals surface area contributed by atoms with E-state index in [1.165, 1.54) is 23.4 Å². The molecule has 2 unspecified atom stereocenters. The number of anilines is 3. The largest absolute Gasteiger partial charge is 0.420 e. The van der Waals surface area contributed by atoms with Gasteiger partial charge in [0.25, 0.3) is 0 Å². The van der Waals surface area contributed by atoms with Crippen molar-refractivity contribution in [2.75, 3.05) is 42.7 Å². The standard InChI is InChI=1S/C26H28F3N5OS2/c1-3-15-8-16(34-13-17-9-18(34)12-33(17)2)4-5-20(15)31-25-30-11-19(26(27,28)29)24(32-25)22-10-21-23(37-22)14-35-6-7-36-21/h4-5,8,10-11,17-18H,3,6-7,9,12-14H2,1-2H3,(H,30,31,32). The molecule has 2 bridgehead atoms. The summed E-state index contributed by atoms with van der Waals surface area (Å²) in [5, 5.41) is 3.20. The van der Waals surface area contributed by atoms with Crippen LogP contribution in [0, 0.1) is 0 Å². The number of benzene rings is 1. The minimum Gasteiger partial charge on any atom is -0.375 e. The summed E-state index contributed by atoms with van der Waals surface area (Å²) in [4.78, 5) is 15.7. The Kier molecular flexibility index (Phi) is 6.58. The van der Waals surface area contributed by atoms with Crippen molar-refractivity contribution in [3.8, 4) is 10.6 Å². The molecule has 0 saturated carbocycles. The second kappa shape index (κ2) is 9.76. The minimum absolute atomic E-state index is 0.101. The molecular formula is C26H28F3N5OS2. The maximum atomic E-state index is 13.9. The lowest BCUT2D eigenvalue weighted by molar-refractivity contribution is -0.137. The van der Waals surface area contributed by atoms with Crippen LogP contribution in [0.2, 0.25) is 0 Å². The quantitative estimate of drug-likeness (QED) is 0.418. The van der Waals surface area contributed by atoms with E-state index in [9.17, 15) is 13.2 Å². The fourth-order valence-corrected chi connectivity index (χ4v) is 7.65. The van der Waals surface area contributed by atoms with Crippen LogP contribution in [0.15, 0.2) is 35.4 Å². The van der Waals surface area contributed by atoms with E-state index >= 15 is 0 Å². The number of rotatable bonds is 5. The lowest BCUT2D eigenvalue weighted by atomic mass is 10.1. The number of nitrogens with zero attached hydrogens (tertiary/aromatic N) is 4. The van der Waals surface area contributed by atoms with Gasteiger partial charge in [-0.3, -0.25) is 4.90 Å². The smallest absolute Gasteiger partial charge is 0.375 e. The topological polar surface area (TPSA) is 53.5 Å². The Morgan fingerprint density at radius 3 is 2.78 bits per heavy atom. The van der Waals surface area contributed by atoms with E-state index in [1.54, 1.807) is 17.8 Å². The third-order valence-electron chi connectivity index (χ3n) is 7.38. The molecule has 37 heavy (non-hydrogen) atoms. The van der Waals surface area contributed by atoms with Crippen LogP contribution in [0.25, 0.3) is 10.6 Å². The zero-order chi connectivity index (χ0) is 25.7. The van der Waals surface area contributed by atoms with Crippen molar-refractivity contribution in [1.29, 1.82) is 0 Å². The number of fused-ring (bicyclic) bond motifs is 3. The highest BCUT2D eigenvalue weighted by Gasteiger charge is 2.41. The normalized spacial score (nSPS) is 21.8. The number of alkyl halides is 3. The number of piperazine rings is 1. The predicted octanol–water partition coefficient (Wildman–Crippen LogP) is 6.04. The van der Waals surface area contributed by atoms with Gasteiger partial charge in [-0.15, -0.1) is 23.1 Å². The average molecular weight is 548 g/mol. The number of halogens is 3. The van der Waals surface area contributed by atoms with Crippen LogP contribution in [-0.2, 0) is 23.9 Å². The number of thioether (sulfide) groups is 1. The summed E-state index contributed by atoms with van der Waals surface area (Å²) < 4.78 is 47.3. The van der Waals surface area contributed by atoms with Gasteiger partial charge in [0.2, 0.25) is 5.95 Å². The van der Waals surface area contributed by atoms with Crippen molar-refractivity contribution >= 4 is 40.4 Å². The molecule has 0 spiro atoms.